The van der Waals surface area contributed by atoms with Crippen molar-refractivity contribution in [3.05, 3.63) is 58.9 Å². The summed E-state index contributed by atoms with van der Waals surface area (Å²) in [4.78, 5) is 27.9. The largest absolute Gasteiger partial charge is 0.333 e. The number of rotatable bonds is 3. The van der Waals surface area contributed by atoms with Crippen molar-refractivity contribution < 1.29 is 14.0 Å². The van der Waals surface area contributed by atoms with Gasteiger partial charge in [-0.3, -0.25) is 14.2 Å². The van der Waals surface area contributed by atoms with E-state index < -0.39 is 6.17 Å². The predicted molar refractivity (Wildman–Crippen MR) is 119 cm³/mol. The van der Waals surface area contributed by atoms with Gasteiger partial charge in [0.05, 0.1) is 5.02 Å². The molecule has 2 N–H and O–H groups in total. The van der Waals surface area contributed by atoms with Gasteiger partial charge in [0.25, 0.3) is 0 Å². The fraction of sp³-hybridized carbons (Fsp3) is 0.318. The Hall–Kier alpha value is -2.61. The summed E-state index contributed by atoms with van der Waals surface area (Å²) in [6.45, 7) is 1.86. The smallest absolute Gasteiger partial charge is 0.151 e. The first-order valence-corrected chi connectivity index (χ1v) is 9.97. The molecule has 160 valence electrons. The molecule has 0 spiro atoms. The Bertz CT molecular complexity index is 957. The molecule has 3 heterocycles. The van der Waals surface area contributed by atoms with E-state index in [1.165, 1.54) is 13.2 Å². The number of hydrogen-bond acceptors (Lipinski definition) is 5. The van der Waals surface area contributed by atoms with E-state index in [1.54, 1.807) is 24.4 Å². The van der Waals surface area contributed by atoms with Gasteiger partial charge < -0.3 is 10.6 Å². The predicted octanol–water partition coefficient (Wildman–Crippen LogP) is 3.93. The highest BCUT2D eigenvalue weighted by Gasteiger charge is 2.14. The van der Waals surface area contributed by atoms with Gasteiger partial charge in [0, 0.05) is 47.7 Å². The Labute approximate surface area is 180 Å². The molecule has 1 saturated heterocycles. The summed E-state index contributed by atoms with van der Waals surface area (Å²) >= 11 is 6.18. The maximum absolute atomic E-state index is 12.3. The highest BCUT2D eigenvalue weighted by atomic mass is 35.5. The van der Waals surface area contributed by atoms with Crippen molar-refractivity contribution in [2.24, 2.45) is 5.73 Å². The van der Waals surface area contributed by atoms with Crippen LogP contribution in [0, 0.1) is 0 Å². The van der Waals surface area contributed by atoms with Gasteiger partial charge in [-0.15, -0.1) is 0 Å². The molecular formula is C22H26ClFN4O2. The summed E-state index contributed by atoms with van der Waals surface area (Å²) < 4.78 is 14.2. The number of aromatic nitrogens is 2. The molecule has 4 rings (SSSR count). The van der Waals surface area contributed by atoms with Gasteiger partial charge in [0.1, 0.15) is 18.1 Å². The van der Waals surface area contributed by atoms with Gasteiger partial charge in [-0.25, -0.2) is 9.37 Å². The van der Waals surface area contributed by atoms with Crippen LogP contribution in [0.5, 0.6) is 0 Å². The topological polar surface area (TPSA) is 81.2 Å². The number of nitrogens with two attached hydrogens (primary N) is 1. The van der Waals surface area contributed by atoms with E-state index >= 15 is 0 Å². The molecule has 2 aromatic heterocycles. The first-order valence-electron chi connectivity index (χ1n) is 9.59. The number of hydrogen-bond donors (Lipinski definition) is 1. The monoisotopic (exact) mass is 432 g/mol. The minimum atomic E-state index is -0.522. The van der Waals surface area contributed by atoms with Crippen LogP contribution in [0.4, 0.5) is 4.39 Å². The molecule has 1 aromatic carbocycles. The van der Waals surface area contributed by atoms with Crippen LogP contribution in [0.25, 0.3) is 16.7 Å². The number of likely N-dealkylation sites (tertiary alicyclic amines) is 1. The van der Waals surface area contributed by atoms with Crippen molar-refractivity contribution >= 4 is 35.2 Å². The zero-order valence-electron chi connectivity index (χ0n) is 17.1. The van der Waals surface area contributed by atoms with Gasteiger partial charge in [-0.2, -0.15) is 0 Å². The molecule has 1 aliphatic heterocycles. The first kappa shape index (κ1) is 23.7. The third-order valence-corrected chi connectivity index (χ3v) is 5.01. The van der Waals surface area contributed by atoms with Crippen molar-refractivity contribution in [2.75, 3.05) is 27.2 Å². The zero-order chi connectivity index (χ0) is 22.1. The molecule has 6 nitrogen and oxygen atoms in total. The molecule has 0 atom stereocenters. The fourth-order valence-electron chi connectivity index (χ4n) is 3.04. The van der Waals surface area contributed by atoms with E-state index in [9.17, 15) is 14.0 Å². The molecule has 30 heavy (non-hydrogen) atoms. The number of piperidine rings is 1. The van der Waals surface area contributed by atoms with Crippen molar-refractivity contribution in [2.45, 2.75) is 19.0 Å². The van der Waals surface area contributed by atoms with Gasteiger partial charge in [-0.1, -0.05) is 11.6 Å². The number of alkyl halides is 1. The normalized spacial score (nSPS) is 14.3. The minimum absolute atomic E-state index is 0.480. The Morgan fingerprint density at radius 2 is 1.70 bits per heavy atom. The quantitative estimate of drug-likeness (QED) is 0.634. The van der Waals surface area contributed by atoms with Crippen molar-refractivity contribution in [1.29, 1.82) is 0 Å². The fourth-order valence-corrected chi connectivity index (χ4v) is 3.27. The maximum Gasteiger partial charge on any atom is 0.151 e. The summed E-state index contributed by atoms with van der Waals surface area (Å²) in [5, 5.41) is 1.24. The van der Waals surface area contributed by atoms with Crippen LogP contribution in [-0.2, 0) is 0 Å². The highest BCUT2D eigenvalue weighted by molar-refractivity contribution is 6.35. The molecular weight excluding hydrogens is 407 g/mol. The lowest BCUT2D eigenvalue weighted by molar-refractivity contribution is 0.111. The number of carbonyl (C=O) groups excluding carboxylic acids is 2. The van der Waals surface area contributed by atoms with Crippen molar-refractivity contribution in [1.82, 2.24) is 14.5 Å². The van der Waals surface area contributed by atoms with Crippen LogP contribution in [-0.4, -0.2) is 60.4 Å². The lowest BCUT2D eigenvalue weighted by atomic mass is 10.1. The number of fused-ring (bicyclic) bond motifs is 1. The number of aldehydes is 2. The molecule has 1 fully saturated rings. The molecule has 0 unspecified atom stereocenters. The Morgan fingerprint density at radius 3 is 2.23 bits per heavy atom. The van der Waals surface area contributed by atoms with Gasteiger partial charge in [-0.05, 0) is 57.3 Å². The summed E-state index contributed by atoms with van der Waals surface area (Å²) in [5.41, 5.74) is 7.10. The van der Waals surface area contributed by atoms with E-state index in [1.807, 2.05) is 23.7 Å². The highest BCUT2D eigenvalue weighted by Crippen LogP contribution is 2.27. The third kappa shape index (κ3) is 5.95. The number of pyridine rings is 1. The second-order valence-electron chi connectivity index (χ2n) is 6.79. The summed E-state index contributed by atoms with van der Waals surface area (Å²) in [6.07, 6.45) is 5.71. The second-order valence-corrected chi connectivity index (χ2v) is 7.20. The molecule has 0 aliphatic carbocycles. The number of nitrogens with zero attached hydrogens (tertiary/aromatic N) is 3. The SMILES string of the molecule is CN.CN1CCC(F)CC1.O=Cc1ccc(-n2cc(Cl)c3cc(C=O)cnc32)cc1. The molecule has 8 heteroatoms. The Kier molecular flexibility index (Phi) is 9.11. The van der Waals surface area contributed by atoms with E-state index in [4.69, 9.17) is 11.6 Å². The van der Waals surface area contributed by atoms with Crippen LogP contribution in [0.2, 0.25) is 5.02 Å². The van der Waals surface area contributed by atoms with Crippen LogP contribution in [0.1, 0.15) is 33.6 Å². The molecule has 3 aromatic rings. The molecule has 0 saturated carbocycles. The van der Waals surface area contributed by atoms with Gasteiger partial charge >= 0.3 is 0 Å². The van der Waals surface area contributed by atoms with Crippen molar-refractivity contribution in [3.63, 3.8) is 0 Å². The molecule has 0 bridgehead atoms. The van der Waals surface area contributed by atoms with E-state index in [0.717, 1.165) is 49.6 Å². The number of halogens is 2. The Balaban J connectivity index is 0.000000269. The van der Waals surface area contributed by atoms with Crippen molar-refractivity contribution in [3.8, 4) is 5.69 Å². The lowest BCUT2D eigenvalue weighted by Gasteiger charge is -2.23. The van der Waals surface area contributed by atoms with E-state index in [2.05, 4.69) is 15.6 Å². The summed E-state index contributed by atoms with van der Waals surface area (Å²) in [7, 11) is 3.53. The van der Waals surface area contributed by atoms with Crippen LogP contribution in [0.3, 0.4) is 0 Å². The minimum Gasteiger partial charge on any atom is -0.333 e. The standard InChI is InChI=1S/C15H9ClN2O2.C6H12FN.CH5N/c16-14-7-18(12-3-1-10(8-19)2-4-12)15-13(14)5-11(9-20)6-17-15;1-8-4-2-6(7)3-5-8;1-2/h1-9H;6H,2-5H2,1H3;2H2,1H3. The van der Waals surface area contributed by atoms with E-state index in [-0.39, 0.29) is 0 Å². The third-order valence-electron chi connectivity index (χ3n) is 4.71. The average molecular weight is 433 g/mol. The first-order chi connectivity index (χ1) is 14.5. The second kappa shape index (κ2) is 11.5. The molecule has 0 amide bonds. The number of carbonyl (C=O) groups is 2. The summed E-state index contributed by atoms with van der Waals surface area (Å²) in [6, 6.07) is 8.78. The zero-order valence-corrected chi connectivity index (χ0v) is 17.8. The lowest BCUT2D eigenvalue weighted by Crippen LogP contribution is -2.30. The van der Waals surface area contributed by atoms with E-state index in [0.29, 0.717) is 21.8 Å². The molecule has 1 aliphatic rings. The Morgan fingerprint density at radius 1 is 1.10 bits per heavy atom. The number of benzene rings is 1. The van der Waals surface area contributed by atoms with Gasteiger partial charge in [0.2, 0.25) is 0 Å². The maximum atomic E-state index is 12.3. The van der Waals surface area contributed by atoms with Crippen LogP contribution < -0.4 is 5.73 Å². The molecule has 0 radical (unpaired) electrons. The average Bonchev–Trinajstić information content (AvgIpc) is 3.13. The van der Waals surface area contributed by atoms with Crippen LogP contribution >= 0.6 is 11.6 Å². The van der Waals surface area contributed by atoms with Crippen LogP contribution in [0.15, 0.2) is 42.7 Å². The van der Waals surface area contributed by atoms with Gasteiger partial charge in [0.15, 0.2) is 6.29 Å². The summed E-state index contributed by atoms with van der Waals surface area (Å²) in [5.74, 6) is 0.